The predicted octanol–water partition coefficient (Wildman–Crippen LogP) is 0.957. The molecule has 1 atom stereocenters. The molecule has 5 nitrogen and oxygen atoms in total. The first-order valence-electron chi connectivity index (χ1n) is 4.95. The van der Waals surface area contributed by atoms with Crippen LogP contribution in [0.15, 0.2) is 6.07 Å². The van der Waals surface area contributed by atoms with E-state index in [-0.39, 0.29) is 11.0 Å². The molecular formula is C9H14ClF2N5. The molecule has 5 N–H and O–H groups in total. The van der Waals surface area contributed by atoms with Gasteiger partial charge in [-0.05, 0) is 13.0 Å². The number of alkyl halides is 2. The maximum absolute atomic E-state index is 12.9. The van der Waals surface area contributed by atoms with Gasteiger partial charge < -0.3 is 16.8 Å². The third kappa shape index (κ3) is 4.03. The fraction of sp³-hybridized carbons (Fsp3) is 0.556. The molecule has 0 amide bonds. The Kier molecular flexibility index (Phi) is 4.55. The Morgan fingerprint density at radius 1 is 1.53 bits per heavy atom. The third-order valence-corrected chi connectivity index (χ3v) is 2.52. The lowest BCUT2D eigenvalue weighted by Gasteiger charge is -2.19. The van der Waals surface area contributed by atoms with Gasteiger partial charge in [0.25, 0.3) is 5.92 Å². The number of hydrogen-bond donors (Lipinski definition) is 3. The average Bonchev–Trinajstić information content (AvgIpc) is 2.29. The number of nitrogens with two attached hydrogens (primary N) is 2. The number of nitrogen functional groups attached to an aromatic ring is 1. The van der Waals surface area contributed by atoms with Gasteiger partial charge in [-0.3, -0.25) is 0 Å². The second kappa shape index (κ2) is 5.52. The molecule has 96 valence electrons. The number of aromatic nitrogens is 2. The van der Waals surface area contributed by atoms with Crippen molar-refractivity contribution in [1.82, 2.24) is 15.5 Å². The lowest BCUT2D eigenvalue weighted by molar-refractivity contribution is 0.00958. The maximum Gasteiger partial charge on any atom is 0.272 e. The number of halogens is 3. The smallest absolute Gasteiger partial charge is 0.272 e. The van der Waals surface area contributed by atoms with Crippen molar-refractivity contribution in [3.63, 3.8) is 0 Å². The summed E-state index contributed by atoms with van der Waals surface area (Å²) in [7, 11) is 0. The van der Waals surface area contributed by atoms with Crippen LogP contribution < -0.4 is 16.8 Å². The summed E-state index contributed by atoms with van der Waals surface area (Å²) in [6, 6.07) is 1.07. The summed E-state index contributed by atoms with van der Waals surface area (Å²) in [5, 5.41) is 9.90. The van der Waals surface area contributed by atoms with E-state index < -0.39 is 25.1 Å². The van der Waals surface area contributed by atoms with Gasteiger partial charge in [0, 0.05) is 11.6 Å². The summed E-state index contributed by atoms with van der Waals surface area (Å²) >= 11 is 5.79. The summed E-state index contributed by atoms with van der Waals surface area (Å²) in [5.74, 6) is -2.77. The SMILES string of the molecule is C[C@@H](NCC(F)(F)CN)c1cc(N)nnc1Cl. The first-order valence-corrected chi connectivity index (χ1v) is 5.33. The highest BCUT2D eigenvalue weighted by Crippen LogP contribution is 2.22. The Hall–Kier alpha value is -1.05. The molecule has 0 aromatic carbocycles. The highest BCUT2D eigenvalue weighted by molar-refractivity contribution is 6.30. The molecule has 1 rings (SSSR count). The second-order valence-electron chi connectivity index (χ2n) is 3.68. The molecule has 8 heteroatoms. The summed E-state index contributed by atoms with van der Waals surface area (Å²) in [5.41, 5.74) is 10.9. The van der Waals surface area contributed by atoms with Gasteiger partial charge in [-0.25, -0.2) is 8.78 Å². The van der Waals surface area contributed by atoms with Crippen molar-refractivity contribution in [1.29, 1.82) is 0 Å². The van der Waals surface area contributed by atoms with Gasteiger partial charge in [-0.1, -0.05) is 11.6 Å². The van der Waals surface area contributed by atoms with Crippen LogP contribution in [0.5, 0.6) is 0 Å². The van der Waals surface area contributed by atoms with Crippen molar-refractivity contribution in [2.24, 2.45) is 5.73 Å². The minimum absolute atomic E-state index is 0.135. The molecule has 0 aliphatic carbocycles. The van der Waals surface area contributed by atoms with Crippen LogP contribution in [-0.2, 0) is 0 Å². The Balaban J connectivity index is 2.70. The topological polar surface area (TPSA) is 89.8 Å². The first kappa shape index (κ1) is 14.0. The van der Waals surface area contributed by atoms with Crippen LogP contribution in [0, 0.1) is 0 Å². The number of nitrogens with zero attached hydrogens (tertiary/aromatic N) is 2. The van der Waals surface area contributed by atoms with E-state index in [9.17, 15) is 8.78 Å². The molecule has 0 aliphatic heterocycles. The van der Waals surface area contributed by atoms with Crippen LogP contribution in [0.3, 0.4) is 0 Å². The third-order valence-electron chi connectivity index (χ3n) is 2.23. The summed E-state index contributed by atoms with van der Waals surface area (Å²) in [6.07, 6.45) is 0. The Bertz CT molecular complexity index is 388. The van der Waals surface area contributed by atoms with Gasteiger partial charge in [-0.15, -0.1) is 10.2 Å². The van der Waals surface area contributed by atoms with Crippen LogP contribution in [0.4, 0.5) is 14.6 Å². The van der Waals surface area contributed by atoms with E-state index in [1.807, 2.05) is 0 Å². The fourth-order valence-electron chi connectivity index (χ4n) is 1.20. The van der Waals surface area contributed by atoms with Crippen LogP contribution >= 0.6 is 11.6 Å². The number of nitrogens with one attached hydrogen (secondary N) is 1. The zero-order valence-electron chi connectivity index (χ0n) is 9.25. The van der Waals surface area contributed by atoms with Crippen LogP contribution in [0.2, 0.25) is 5.15 Å². The van der Waals surface area contributed by atoms with Crippen molar-refractivity contribution in [2.45, 2.75) is 18.9 Å². The van der Waals surface area contributed by atoms with Crippen molar-refractivity contribution in [2.75, 3.05) is 18.8 Å². The van der Waals surface area contributed by atoms with Crippen molar-refractivity contribution < 1.29 is 8.78 Å². The standard InChI is InChI=1S/C9H14ClF2N5/c1-5(15-4-9(11,12)3-13)6-2-7(14)16-17-8(6)10/h2,5,15H,3-4,13H2,1H3,(H2,14,16)/t5-/m1/s1. The molecule has 0 spiro atoms. The molecule has 0 aliphatic rings. The van der Waals surface area contributed by atoms with E-state index in [0.29, 0.717) is 5.56 Å². The lowest BCUT2D eigenvalue weighted by atomic mass is 10.1. The number of anilines is 1. The molecule has 17 heavy (non-hydrogen) atoms. The second-order valence-corrected chi connectivity index (χ2v) is 4.04. The zero-order chi connectivity index (χ0) is 13.1. The number of hydrogen-bond acceptors (Lipinski definition) is 5. The predicted molar refractivity (Wildman–Crippen MR) is 61.9 cm³/mol. The molecule has 0 bridgehead atoms. The Labute approximate surface area is 103 Å². The minimum Gasteiger partial charge on any atom is -0.382 e. The van der Waals surface area contributed by atoms with Gasteiger partial charge in [0.15, 0.2) is 5.15 Å². The molecule has 1 heterocycles. The quantitative estimate of drug-likeness (QED) is 0.738. The van der Waals surface area contributed by atoms with Crippen molar-refractivity contribution >= 4 is 17.4 Å². The molecule has 0 radical (unpaired) electrons. The monoisotopic (exact) mass is 265 g/mol. The largest absolute Gasteiger partial charge is 0.382 e. The zero-order valence-corrected chi connectivity index (χ0v) is 10.0. The van der Waals surface area contributed by atoms with Crippen LogP contribution in [0.25, 0.3) is 0 Å². The molecule has 1 aromatic rings. The molecule has 1 aromatic heterocycles. The van der Waals surface area contributed by atoms with Crippen molar-refractivity contribution in [3.8, 4) is 0 Å². The first-order chi connectivity index (χ1) is 7.85. The molecule has 0 saturated heterocycles. The van der Waals surface area contributed by atoms with Crippen LogP contribution in [-0.4, -0.2) is 29.2 Å². The van der Waals surface area contributed by atoms with E-state index in [2.05, 4.69) is 15.5 Å². The van der Waals surface area contributed by atoms with E-state index in [0.717, 1.165) is 0 Å². The lowest BCUT2D eigenvalue weighted by Crippen LogP contribution is -2.40. The van der Waals surface area contributed by atoms with Gasteiger partial charge >= 0.3 is 0 Å². The fourth-order valence-corrected chi connectivity index (χ4v) is 1.45. The minimum atomic E-state index is -2.95. The Morgan fingerprint density at radius 2 is 2.18 bits per heavy atom. The average molecular weight is 266 g/mol. The van der Waals surface area contributed by atoms with E-state index in [1.165, 1.54) is 6.07 Å². The summed E-state index contributed by atoms with van der Waals surface area (Å²) < 4.78 is 25.9. The van der Waals surface area contributed by atoms with Crippen LogP contribution in [0.1, 0.15) is 18.5 Å². The highest BCUT2D eigenvalue weighted by atomic mass is 35.5. The van der Waals surface area contributed by atoms with Gasteiger partial charge in [-0.2, -0.15) is 0 Å². The molecule has 0 unspecified atom stereocenters. The molecule has 0 saturated carbocycles. The maximum atomic E-state index is 12.9. The normalized spacial score (nSPS) is 13.7. The van der Waals surface area contributed by atoms with Gasteiger partial charge in [0.2, 0.25) is 0 Å². The molecular weight excluding hydrogens is 252 g/mol. The molecule has 0 fully saturated rings. The van der Waals surface area contributed by atoms with E-state index in [1.54, 1.807) is 6.92 Å². The Morgan fingerprint density at radius 3 is 2.76 bits per heavy atom. The summed E-state index contributed by atoms with van der Waals surface area (Å²) in [6.45, 7) is 0.426. The van der Waals surface area contributed by atoms with E-state index >= 15 is 0 Å². The summed E-state index contributed by atoms with van der Waals surface area (Å²) in [4.78, 5) is 0. The van der Waals surface area contributed by atoms with Gasteiger partial charge in [0.1, 0.15) is 5.82 Å². The van der Waals surface area contributed by atoms with E-state index in [4.69, 9.17) is 23.1 Å². The van der Waals surface area contributed by atoms with Gasteiger partial charge in [0.05, 0.1) is 13.1 Å². The van der Waals surface area contributed by atoms with Crippen molar-refractivity contribution in [3.05, 3.63) is 16.8 Å². The highest BCUT2D eigenvalue weighted by Gasteiger charge is 2.27. The number of rotatable bonds is 5.